The van der Waals surface area contributed by atoms with Crippen molar-refractivity contribution in [1.29, 1.82) is 0 Å². The Kier molecular flexibility index (Phi) is 6.26. The van der Waals surface area contributed by atoms with E-state index in [0.29, 0.717) is 18.3 Å². The smallest absolute Gasteiger partial charge is 0.312 e. The summed E-state index contributed by atoms with van der Waals surface area (Å²) in [5.74, 6) is 0.334. The lowest BCUT2D eigenvalue weighted by molar-refractivity contribution is -0.173. The molecule has 2 saturated carbocycles. The van der Waals surface area contributed by atoms with Gasteiger partial charge in [0.05, 0.1) is 17.1 Å². The van der Waals surface area contributed by atoms with Gasteiger partial charge < -0.3 is 15.3 Å². The molecule has 0 heterocycles. The topological polar surface area (TPSA) is 77.8 Å². The molecule has 0 aromatic rings. The van der Waals surface area contributed by atoms with Gasteiger partial charge in [0.1, 0.15) is 0 Å². The molecule has 4 rings (SSSR count). The van der Waals surface area contributed by atoms with Crippen molar-refractivity contribution in [3.63, 3.8) is 0 Å². The third kappa shape index (κ3) is 3.57. The summed E-state index contributed by atoms with van der Waals surface area (Å²) in [5, 5.41) is 31.1. The van der Waals surface area contributed by atoms with Gasteiger partial charge in [0.2, 0.25) is 0 Å². The van der Waals surface area contributed by atoms with Crippen LogP contribution in [0.3, 0.4) is 0 Å². The summed E-state index contributed by atoms with van der Waals surface area (Å²) in [7, 11) is 0. The number of rotatable bonds is 6. The predicted molar refractivity (Wildman–Crippen MR) is 136 cm³/mol. The molecule has 4 aliphatic carbocycles. The Morgan fingerprint density at radius 1 is 1.12 bits per heavy atom. The first-order valence-corrected chi connectivity index (χ1v) is 13.7. The van der Waals surface area contributed by atoms with Gasteiger partial charge in [-0.3, -0.25) is 4.79 Å². The molecule has 2 fully saturated rings. The maximum absolute atomic E-state index is 12.4. The first-order chi connectivity index (χ1) is 15.6. The lowest BCUT2D eigenvalue weighted by atomic mass is 9.44. The molecule has 0 amide bonds. The molecule has 4 aliphatic rings. The van der Waals surface area contributed by atoms with Crippen LogP contribution in [0.1, 0.15) is 106 Å². The van der Waals surface area contributed by atoms with Crippen molar-refractivity contribution >= 4 is 5.97 Å². The average molecular weight is 473 g/mol. The molecule has 0 bridgehead atoms. The van der Waals surface area contributed by atoms with Gasteiger partial charge in [-0.25, -0.2) is 0 Å². The van der Waals surface area contributed by atoms with Crippen LogP contribution in [0.25, 0.3) is 0 Å². The van der Waals surface area contributed by atoms with E-state index in [9.17, 15) is 20.1 Å². The minimum atomic E-state index is -1.11. The number of allylic oxidation sites excluding steroid dienone is 4. The van der Waals surface area contributed by atoms with E-state index >= 15 is 0 Å². The van der Waals surface area contributed by atoms with E-state index in [-0.39, 0.29) is 22.2 Å². The molecule has 4 heteroatoms. The van der Waals surface area contributed by atoms with Crippen LogP contribution in [-0.4, -0.2) is 33.0 Å². The van der Waals surface area contributed by atoms with Crippen molar-refractivity contribution in [2.45, 2.75) is 118 Å². The molecule has 4 nitrogen and oxygen atoms in total. The standard InChI is InChI=1S/C30H48O4/c1-19(9-8-15-26(2,3)34)20-12-17-29(6)22-10-11-23-27(4,21(22)13-18-28(20,29)5)16-14-24(31)30(23,7)25(32)33/h10,13,19-20,23-24,31,34H,8-9,11-12,14-18H2,1-7H3,(H,32,33)/t19?,20-,23?,24+,27-,28-,29+,30+/m1/s1. The van der Waals surface area contributed by atoms with E-state index in [2.05, 4.69) is 39.8 Å². The molecule has 2 unspecified atom stereocenters. The molecule has 0 aliphatic heterocycles. The number of hydrogen-bond donors (Lipinski definition) is 3. The summed E-state index contributed by atoms with van der Waals surface area (Å²) in [6.45, 7) is 15.3. The second kappa shape index (κ2) is 8.20. The Bertz CT molecular complexity index is 896. The summed E-state index contributed by atoms with van der Waals surface area (Å²) in [4.78, 5) is 12.4. The van der Waals surface area contributed by atoms with Gasteiger partial charge in [-0.1, -0.05) is 52.7 Å². The maximum Gasteiger partial charge on any atom is 0.312 e. The highest BCUT2D eigenvalue weighted by atomic mass is 16.4. The number of aliphatic carboxylic acids is 1. The van der Waals surface area contributed by atoms with Crippen LogP contribution in [0.15, 0.2) is 23.3 Å². The molecule has 34 heavy (non-hydrogen) atoms. The summed E-state index contributed by atoms with van der Waals surface area (Å²) in [5.41, 5.74) is 1.28. The van der Waals surface area contributed by atoms with E-state index in [4.69, 9.17) is 0 Å². The highest BCUT2D eigenvalue weighted by Gasteiger charge is 2.65. The Hall–Kier alpha value is -1.13. The van der Waals surface area contributed by atoms with E-state index in [1.165, 1.54) is 24.0 Å². The second-order valence-corrected chi connectivity index (χ2v) is 13.9. The zero-order chi connectivity index (χ0) is 25.3. The fraction of sp³-hybridized carbons (Fsp3) is 0.833. The van der Waals surface area contributed by atoms with Crippen molar-refractivity contribution in [1.82, 2.24) is 0 Å². The van der Waals surface area contributed by atoms with Gasteiger partial charge in [-0.05, 0) is 111 Å². The normalized spacial score (nSPS) is 44.9. The highest BCUT2D eigenvalue weighted by molar-refractivity contribution is 5.76. The molecule has 0 radical (unpaired) electrons. The van der Waals surface area contributed by atoms with Crippen molar-refractivity contribution < 1.29 is 20.1 Å². The lowest BCUT2D eigenvalue weighted by Gasteiger charge is -2.60. The van der Waals surface area contributed by atoms with E-state index < -0.39 is 23.1 Å². The number of carboxylic acid groups (broad SMARTS) is 1. The second-order valence-electron chi connectivity index (χ2n) is 13.9. The maximum atomic E-state index is 12.4. The predicted octanol–water partition coefficient (Wildman–Crippen LogP) is 6.51. The molecule has 3 N–H and O–H groups in total. The van der Waals surface area contributed by atoms with Crippen molar-refractivity contribution in [2.24, 2.45) is 39.4 Å². The first kappa shape index (κ1) is 25.9. The molecular formula is C30H48O4. The third-order valence-electron chi connectivity index (χ3n) is 11.5. The summed E-state index contributed by atoms with van der Waals surface area (Å²) >= 11 is 0. The Balaban J connectivity index is 1.64. The Labute approximate surface area is 206 Å². The van der Waals surface area contributed by atoms with Crippen molar-refractivity contribution in [2.75, 3.05) is 0 Å². The van der Waals surface area contributed by atoms with Gasteiger partial charge in [-0.15, -0.1) is 0 Å². The minimum absolute atomic E-state index is 0.0813. The Morgan fingerprint density at radius 3 is 2.41 bits per heavy atom. The fourth-order valence-corrected chi connectivity index (χ4v) is 9.00. The van der Waals surface area contributed by atoms with E-state index in [1.807, 2.05) is 13.8 Å². The highest BCUT2D eigenvalue weighted by Crippen LogP contribution is 2.71. The average Bonchev–Trinajstić information content (AvgIpc) is 3.01. The van der Waals surface area contributed by atoms with Crippen LogP contribution >= 0.6 is 0 Å². The van der Waals surface area contributed by atoms with Crippen LogP contribution in [0.2, 0.25) is 0 Å². The van der Waals surface area contributed by atoms with Crippen LogP contribution in [-0.2, 0) is 4.79 Å². The molecule has 192 valence electrons. The quantitative estimate of drug-likeness (QED) is 0.411. The largest absolute Gasteiger partial charge is 0.481 e. The number of hydrogen-bond acceptors (Lipinski definition) is 3. The number of aliphatic hydroxyl groups excluding tert-OH is 1. The monoisotopic (exact) mass is 472 g/mol. The van der Waals surface area contributed by atoms with Crippen LogP contribution in [0.4, 0.5) is 0 Å². The molecule has 8 atom stereocenters. The third-order valence-corrected chi connectivity index (χ3v) is 11.5. The van der Waals surface area contributed by atoms with Gasteiger partial charge in [-0.2, -0.15) is 0 Å². The van der Waals surface area contributed by atoms with E-state index in [1.54, 1.807) is 6.92 Å². The Morgan fingerprint density at radius 2 is 1.79 bits per heavy atom. The van der Waals surface area contributed by atoms with Gasteiger partial charge in [0.15, 0.2) is 0 Å². The van der Waals surface area contributed by atoms with Gasteiger partial charge >= 0.3 is 5.97 Å². The molecule has 0 saturated heterocycles. The lowest BCUT2D eigenvalue weighted by Crippen LogP contribution is -2.58. The summed E-state index contributed by atoms with van der Waals surface area (Å²) in [6, 6.07) is 0. The number of aliphatic hydroxyl groups is 2. The molecule has 0 aromatic carbocycles. The fourth-order valence-electron chi connectivity index (χ4n) is 9.00. The van der Waals surface area contributed by atoms with Gasteiger partial charge in [0.25, 0.3) is 0 Å². The van der Waals surface area contributed by atoms with Crippen LogP contribution in [0.5, 0.6) is 0 Å². The summed E-state index contributed by atoms with van der Waals surface area (Å²) in [6.07, 6.45) is 12.7. The first-order valence-electron chi connectivity index (χ1n) is 13.7. The molecular weight excluding hydrogens is 424 g/mol. The van der Waals surface area contributed by atoms with Crippen molar-refractivity contribution in [3.05, 3.63) is 23.3 Å². The van der Waals surface area contributed by atoms with Crippen LogP contribution in [0, 0.1) is 39.4 Å². The SMILES string of the molecule is CC(CCCC(C)(C)O)[C@H]1CC[C@@]2(C)C3=CCC4[C@](C)(C(=O)O)[C@@H](O)CC[C@]4(C)C3=CC[C@]12C. The number of carboxylic acids is 1. The minimum Gasteiger partial charge on any atom is -0.481 e. The summed E-state index contributed by atoms with van der Waals surface area (Å²) < 4.78 is 0. The molecule has 0 aromatic heterocycles. The van der Waals surface area contributed by atoms with Crippen LogP contribution < -0.4 is 0 Å². The zero-order valence-corrected chi connectivity index (χ0v) is 22.6. The zero-order valence-electron chi connectivity index (χ0n) is 22.6. The van der Waals surface area contributed by atoms with Gasteiger partial charge in [0, 0.05) is 0 Å². The number of carbonyl (C=O) groups is 1. The van der Waals surface area contributed by atoms with E-state index in [0.717, 1.165) is 38.5 Å². The number of fused-ring (bicyclic) bond motifs is 5. The van der Waals surface area contributed by atoms with Crippen molar-refractivity contribution in [3.8, 4) is 0 Å². The molecule has 0 spiro atoms.